The number of carbonyl (C=O) groups is 2. The quantitative estimate of drug-likeness (QED) is 0.585. The van der Waals surface area contributed by atoms with Crippen molar-refractivity contribution in [2.45, 2.75) is 49.5 Å². The number of esters is 1. The van der Waals surface area contributed by atoms with Gasteiger partial charge < -0.3 is 14.8 Å². The Hall–Kier alpha value is -2.13. The molecule has 8 nitrogen and oxygen atoms in total. The van der Waals surface area contributed by atoms with Crippen LogP contribution in [-0.4, -0.2) is 47.1 Å². The van der Waals surface area contributed by atoms with E-state index in [2.05, 4.69) is 10.0 Å². The zero-order valence-corrected chi connectivity index (χ0v) is 18.7. The van der Waals surface area contributed by atoms with Gasteiger partial charge in [0.15, 0.2) is 0 Å². The van der Waals surface area contributed by atoms with Crippen molar-refractivity contribution < 1.29 is 27.5 Å². The van der Waals surface area contributed by atoms with Gasteiger partial charge in [0.25, 0.3) is 0 Å². The Bertz CT molecular complexity index is 908. The Morgan fingerprint density at radius 1 is 1.03 bits per heavy atom. The summed E-state index contributed by atoms with van der Waals surface area (Å²) in [5.74, 6) is 1.35. The number of carbonyl (C=O) groups excluding carboxylic acids is 2. The third-order valence-electron chi connectivity index (χ3n) is 7.23. The summed E-state index contributed by atoms with van der Waals surface area (Å²) < 4.78 is 37.4. The van der Waals surface area contributed by atoms with Crippen LogP contribution < -0.4 is 14.8 Å². The summed E-state index contributed by atoms with van der Waals surface area (Å²) in [5, 5.41) is 2.81. The molecule has 1 amide bonds. The molecular formula is C22H30N2O6S. The smallest absolute Gasteiger partial charge is 0.328 e. The van der Waals surface area contributed by atoms with Gasteiger partial charge in [-0.25, -0.2) is 17.9 Å². The molecule has 0 unspecified atom stereocenters. The summed E-state index contributed by atoms with van der Waals surface area (Å²) >= 11 is 0. The summed E-state index contributed by atoms with van der Waals surface area (Å²) in [7, 11) is -1.05. The first kappa shape index (κ1) is 22.1. The van der Waals surface area contributed by atoms with Crippen molar-refractivity contribution in [3.63, 3.8) is 0 Å². The predicted octanol–water partition coefficient (Wildman–Crippen LogP) is 1.85. The second-order valence-corrected chi connectivity index (χ2v) is 11.1. The van der Waals surface area contributed by atoms with Crippen LogP contribution in [0.3, 0.4) is 0 Å². The van der Waals surface area contributed by atoms with E-state index in [1.807, 2.05) is 0 Å². The van der Waals surface area contributed by atoms with Crippen molar-refractivity contribution in [3.05, 3.63) is 24.3 Å². The topological polar surface area (TPSA) is 111 Å². The summed E-state index contributed by atoms with van der Waals surface area (Å²) in [6.45, 7) is -0.450. The van der Waals surface area contributed by atoms with Gasteiger partial charge in [-0.1, -0.05) is 0 Å². The number of ether oxygens (including phenoxy) is 2. The SMILES string of the molecule is COC(=O)[C@@H](NC(=O)CNS(=O)(=O)c1ccc(OC)cc1)C12CC3CC(CC(C3)C1)C2. The van der Waals surface area contributed by atoms with E-state index in [9.17, 15) is 18.0 Å². The fourth-order valence-corrected chi connectivity index (χ4v) is 7.30. The lowest BCUT2D eigenvalue weighted by atomic mass is 9.47. The Morgan fingerprint density at radius 3 is 2.06 bits per heavy atom. The molecule has 4 fully saturated rings. The maximum absolute atomic E-state index is 12.7. The number of methoxy groups -OCH3 is 2. The molecule has 0 aliphatic heterocycles. The van der Waals surface area contributed by atoms with Gasteiger partial charge in [0.2, 0.25) is 15.9 Å². The molecule has 0 heterocycles. The average molecular weight is 451 g/mol. The van der Waals surface area contributed by atoms with Gasteiger partial charge in [-0.05, 0) is 80.5 Å². The lowest BCUT2D eigenvalue weighted by Gasteiger charge is -2.58. The maximum Gasteiger partial charge on any atom is 0.328 e. The van der Waals surface area contributed by atoms with Crippen LogP contribution in [0.1, 0.15) is 38.5 Å². The number of amides is 1. The second-order valence-electron chi connectivity index (χ2n) is 9.30. The summed E-state index contributed by atoms with van der Waals surface area (Å²) in [6.07, 6.45) is 6.37. The monoisotopic (exact) mass is 450 g/mol. The number of rotatable bonds is 8. The van der Waals surface area contributed by atoms with Gasteiger partial charge in [0.05, 0.1) is 25.7 Å². The van der Waals surface area contributed by atoms with Gasteiger partial charge in [0, 0.05) is 5.41 Å². The lowest BCUT2D eigenvalue weighted by molar-refractivity contribution is -0.157. The first-order valence-corrected chi connectivity index (χ1v) is 12.2. The number of sulfonamides is 1. The van der Waals surface area contributed by atoms with Gasteiger partial charge >= 0.3 is 5.97 Å². The van der Waals surface area contributed by atoms with Crippen LogP contribution in [-0.2, 0) is 24.3 Å². The fraction of sp³-hybridized carbons (Fsp3) is 0.636. The number of benzene rings is 1. The highest BCUT2D eigenvalue weighted by atomic mass is 32.2. The normalized spacial score (nSPS) is 29.9. The number of hydrogen-bond donors (Lipinski definition) is 2. The van der Waals surface area contributed by atoms with E-state index >= 15 is 0 Å². The minimum atomic E-state index is -3.87. The van der Waals surface area contributed by atoms with E-state index in [0.29, 0.717) is 23.5 Å². The van der Waals surface area contributed by atoms with E-state index in [1.165, 1.54) is 57.7 Å². The van der Waals surface area contributed by atoms with Crippen LogP contribution in [0.25, 0.3) is 0 Å². The highest BCUT2D eigenvalue weighted by molar-refractivity contribution is 7.89. The van der Waals surface area contributed by atoms with Crippen molar-refractivity contribution in [3.8, 4) is 5.75 Å². The van der Waals surface area contributed by atoms with Crippen LogP contribution in [0.5, 0.6) is 5.75 Å². The third-order valence-corrected chi connectivity index (χ3v) is 8.65. The highest BCUT2D eigenvalue weighted by Gasteiger charge is 2.56. The number of hydrogen-bond acceptors (Lipinski definition) is 6. The van der Waals surface area contributed by atoms with Crippen LogP contribution in [0, 0.1) is 23.2 Å². The summed E-state index contributed by atoms with van der Waals surface area (Å²) in [6, 6.07) is 5.14. The minimum absolute atomic E-state index is 0.0340. The van der Waals surface area contributed by atoms with Crippen molar-refractivity contribution in [2.24, 2.45) is 23.2 Å². The molecular weight excluding hydrogens is 420 g/mol. The Balaban J connectivity index is 1.43. The molecule has 4 bridgehead atoms. The fourth-order valence-electron chi connectivity index (χ4n) is 6.32. The zero-order valence-electron chi connectivity index (χ0n) is 17.9. The Morgan fingerprint density at radius 2 is 1.58 bits per heavy atom. The molecule has 1 aromatic rings. The van der Waals surface area contributed by atoms with Crippen LogP contribution in [0.2, 0.25) is 0 Å². The Kier molecular flexibility index (Phi) is 6.00. The van der Waals surface area contributed by atoms with Crippen LogP contribution >= 0.6 is 0 Å². The number of nitrogens with one attached hydrogen (secondary N) is 2. The standard InChI is InChI=1S/C22H30N2O6S/c1-29-17-3-5-18(6-4-17)31(27,28)23-13-19(25)24-20(21(26)30-2)22-10-14-7-15(11-22)9-16(8-14)12-22/h3-6,14-16,20,23H,7-13H2,1-2H3,(H,24,25)/t14?,15?,16?,20-,22?/m1/s1. The van der Waals surface area contributed by atoms with E-state index in [0.717, 1.165) is 19.3 Å². The van der Waals surface area contributed by atoms with Crippen LogP contribution in [0.4, 0.5) is 0 Å². The first-order chi connectivity index (χ1) is 14.7. The molecule has 9 heteroatoms. The molecule has 0 spiro atoms. The largest absolute Gasteiger partial charge is 0.497 e. The van der Waals surface area contributed by atoms with Gasteiger partial charge in [-0.3, -0.25) is 4.79 Å². The molecule has 31 heavy (non-hydrogen) atoms. The van der Waals surface area contributed by atoms with Crippen molar-refractivity contribution in [2.75, 3.05) is 20.8 Å². The molecule has 0 aromatic heterocycles. The zero-order chi connectivity index (χ0) is 22.2. The lowest BCUT2D eigenvalue weighted by Crippen LogP contribution is -2.60. The Labute approximate surface area is 183 Å². The van der Waals surface area contributed by atoms with Gasteiger partial charge in [-0.2, -0.15) is 0 Å². The predicted molar refractivity (Wildman–Crippen MR) is 113 cm³/mol. The average Bonchev–Trinajstić information content (AvgIpc) is 2.74. The van der Waals surface area contributed by atoms with E-state index in [4.69, 9.17) is 9.47 Å². The summed E-state index contributed by atoms with van der Waals surface area (Å²) in [5.41, 5.74) is -0.285. The molecule has 170 valence electrons. The molecule has 2 N–H and O–H groups in total. The molecule has 1 aromatic carbocycles. The highest BCUT2D eigenvalue weighted by Crippen LogP contribution is 2.61. The molecule has 5 rings (SSSR count). The van der Waals surface area contributed by atoms with E-state index in [1.54, 1.807) is 0 Å². The maximum atomic E-state index is 12.7. The van der Waals surface area contributed by atoms with Crippen molar-refractivity contribution in [1.29, 1.82) is 0 Å². The molecule has 1 atom stereocenters. The van der Waals surface area contributed by atoms with Crippen LogP contribution in [0.15, 0.2) is 29.2 Å². The molecule has 0 saturated heterocycles. The van der Waals surface area contributed by atoms with E-state index in [-0.39, 0.29) is 10.3 Å². The molecule has 0 radical (unpaired) electrons. The molecule has 4 saturated carbocycles. The van der Waals surface area contributed by atoms with Gasteiger partial charge in [0.1, 0.15) is 11.8 Å². The minimum Gasteiger partial charge on any atom is -0.497 e. The molecule has 4 aliphatic rings. The molecule has 4 aliphatic carbocycles. The van der Waals surface area contributed by atoms with Gasteiger partial charge in [-0.15, -0.1) is 0 Å². The van der Waals surface area contributed by atoms with Crippen molar-refractivity contribution >= 4 is 21.9 Å². The van der Waals surface area contributed by atoms with Crippen molar-refractivity contribution in [1.82, 2.24) is 10.0 Å². The first-order valence-electron chi connectivity index (χ1n) is 10.8. The third kappa shape index (κ3) is 4.43. The van der Waals surface area contributed by atoms with E-state index < -0.39 is 34.5 Å². The summed E-state index contributed by atoms with van der Waals surface area (Å²) in [4.78, 5) is 25.4. The second kappa shape index (κ2) is 8.43.